The molecule has 2 atom stereocenters. The lowest BCUT2D eigenvalue weighted by Crippen LogP contribution is -2.51. The lowest BCUT2D eigenvalue weighted by Gasteiger charge is -2.27. The zero-order chi connectivity index (χ0) is 14.8. The van der Waals surface area contributed by atoms with Gasteiger partial charge in [0.15, 0.2) is 0 Å². The first-order chi connectivity index (χ1) is 9.68. The van der Waals surface area contributed by atoms with Crippen LogP contribution in [0.3, 0.4) is 0 Å². The van der Waals surface area contributed by atoms with Gasteiger partial charge in [0.2, 0.25) is 0 Å². The Kier molecular flexibility index (Phi) is 8.15. The molecule has 20 heavy (non-hydrogen) atoms. The van der Waals surface area contributed by atoms with E-state index in [4.69, 9.17) is 9.47 Å². The summed E-state index contributed by atoms with van der Waals surface area (Å²) in [5, 5.41) is 3.30. The van der Waals surface area contributed by atoms with Crippen molar-refractivity contribution in [2.24, 2.45) is 0 Å². The fourth-order valence-electron chi connectivity index (χ4n) is 3.05. The summed E-state index contributed by atoms with van der Waals surface area (Å²) in [4.78, 5) is 12.0. The van der Waals surface area contributed by atoms with E-state index in [1.807, 2.05) is 6.92 Å². The molecule has 0 aromatic carbocycles. The Morgan fingerprint density at radius 3 is 2.65 bits per heavy atom. The minimum Gasteiger partial charge on any atom is -0.468 e. The monoisotopic (exact) mass is 285 g/mol. The molecule has 0 radical (unpaired) electrons. The normalized spacial score (nSPS) is 25.9. The molecule has 0 saturated heterocycles. The van der Waals surface area contributed by atoms with E-state index >= 15 is 0 Å². The van der Waals surface area contributed by atoms with Crippen molar-refractivity contribution in [3.8, 4) is 0 Å². The molecular weight excluding hydrogens is 254 g/mol. The fraction of sp³-hybridized carbons (Fsp3) is 0.938. The van der Waals surface area contributed by atoms with E-state index in [0.717, 1.165) is 38.8 Å². The molecule has 1 fully saturated rings. The van der Waals surface area contributed by atoms with Crippen molar-refractivity contribution in [2.75, 3.05) is 20.3 Å². The molecule has 1 rings (SSSR count). The van der Waals surface area contributed by atoms with Crippen LogP contribution in [0.2, 0.25) is 0 Å². The molecule has 118 valence electrons. The zero-order valence-electron chi connectivity index (χ0n) is 13.4. The Morgan fingerprint density at radius 2 is 2.00 bits per heavy atom. The van der Waals surface area contributed by atoms with Gasteiger partial charge in [-0.25, -0.2) is 0 Å². The number of unbranched alkanes of at least 4 members (excludes halogenated alkanes) is 4. The summed E-state index contributed by atoms with van der Waals surface area (Å²) < 4.78 is 10.9. The molecule has 4 heteroatoms. The number of carbonyl (C=O) groups excluding carboxylic acids is 1. The third kappa shape index (κ3) is 5.06. The van der Waals surface area contributed by atoms with Gasteiger partial charge in [0.25, 0.3) is 0 Å². The van der Waals surface area contributed by atoms with Crippen molar-refractivity contribution >= 4 is 5.97 Å². The quantitative estimate of drug-likeness (QED) is 0.495. The molecular formula is C16H31NO3. The Balaban J connectivity index is 2.28. The lowest BCUT2D eigenvalue weighted by molar-refractivity contribution is -0.148. The molecule has 1 aliphatic carbocycles. The lowest BCUT2D eigenvalue weighted by atomic mass is 9.97. The van der Waals surface area contributed by atoms with Gasteiger partial charge in [-0.15, -0.1) is 0 Å². The summed E-state index contributed by atoms with van der Waals surface area (Å²) in [5.41, 5.74) is -0.517. The molecule has 2 unspecified atom stereocenters. The fourth-order valence-corrected chi connectivity index (χ4v) is 3.05. The van der Waals surface area contributed by atoms with Crippen LogP contribution in [0.15, 0.2) is 0 Å². The minimum atomic E-state index is -0.517. The first kappa shape index (κ1) is 17.4. The molecule has 1 N–H and O–H groups in total. The Bertz CT molecular complexity index is 283. The molecule has 1 aliphatic rings. The number of hydrogen-bond acceptors (Lipinski definition) is 4. The third-order valence-electron chi connectivity index (χ3n) is 4.16. The zero-order valence-corrected chi connectivity index (χ0v) is 13.4. The number of carbonyl (C=O) groups is 1. The summed E-state index contributed by atoms with van der Waals surface area (Å²) in [7, 11) is 1.46. The number of methoxy groups -OCH3 is 1. The number of nitrogens with one attached hydrogen (secondary N) is 1. The van der Waals surface area contributed by atoms with Crippen LogP contribution in [-0.4, -0.2) is 37.9 Å². The predicted molar refractivity (Wildman–Crippen MR) is 80.8 cm³/mol. The second-order valence-corrected chi connectivity index (χ2v) is 5.75. The van der Waals surface area contributed by atoms with E-state index in [2.05, 4.69) is 12.2 Å². The number of esters is 1. The first-order valence-corrected chi connectivity index (χ1v) is 8.13. The van der Waals surface area contributed by atoms with Crippen LogP contribution in [0.5, 0.6) is 0 Å². The molecule has 0 aromatic heterocycles. The molecule has 0 amide bonds. The van der Waals surface area contributed by atoms with E-state index < -0.39 is 5.54 Å². The van der Waals surface area contributed by atoms with E-state index in [9.17, 15) is 4.79 Å². The van der Waals surface area contributed by atoms with Gasteiger partial charge in [0.1, 0.15) is 5.54 Å². The van der Waals surface area contributed by atoms with E-state index in [-0.39, 0.29) is 12.1 Å². The van der Waals surface area contributed by atoms with Crippen molar-refractivity contribution in [1.82, 2.24) is 5.32 Å². The first-order valence-electron chi connectivity index (χ1n) is 8.13. The molecule has 0 spiro atoms. The molecule has 0 aromatic rings. The van der Waals surface area contributed by atoms with Crippen LogP contribution in [0.4, 0.5) is 0 Å². The summed E-state index contributed by atoms with van der Waals surface area (Å²) in [6.45, 7) is 5.84. The van der Waals surface area contributed by atoms with Gasteiger partial charge >= 0.3 is 5.97 Å². The van der Waals surface area contributed by atoms with Crippen molar-refractivity contribution in [2.45, 2.75) is 76.9 Å². The number of ether oxygens (including phenoxy) is 2. The van der Waals surface area contributed by atoms with Crippen LogP contribution in [-0.2, 0) is 14.3 Å². The maximum absolute atomic E-state index is 12.0. The smallest absolute Gasteiger partial charge is 0.326 e. The van der Waals surface area contributed by atoms with E-state index in [1.165, 1.54) is 32.8 Å². The highest BCUT2D eigenvalue weighted by Crippen LogP contribution is 2.33. The highest BCUT2D eigenvalue weighted by atomic mass is 16.5. The number of hydrogen-bond donors (Lipinski definition) is 1. The van der Waals surface area contributed by atoms with Crippen molar-refractivity contribution < 1.29 is 14.3 Å². The minimum absolute atomic E-state index is 0.145. The molecule has 0 heterocycles. The Hall–Kier alpha value is -0.610. The van der Waals surface area contributed by atoms with Gasteiger partial charge in [-0.3, -0.25) is 4.79 Å². The number of likely N-dealkylation sites (N-methyl/N-ethyl adjacent to an activating group) is 1. The van der Waals surface area contributed by atoms with Crippen LogP contribution < -0.4 is 5.32 Å². The van der Waals surface area contributed by atoms with Gasteiger partial charge in [0.05, 0.1) is 13.2 Å². The largest absolute Gasteiger partial charge is 0.468 e. The van der Waals surface area contributed by atoms with Gasteiger partial charge in [-0.2, -0.15) is 0 Å². The topological polar surface area (TPSA) is 47.6 Å². The SMILES string of the molecule is CCCCCCCOC1CCC(NCC)(C(=O)OC)C1. The maximum atomic E-state index is 12.0. The number of rotatable bonds is 10. The summed E-state index contributed by atoms with van der Waals surface area (Å²) >= 11 is 0. The van der Waals surface area contributed by atoms with E-state index in [0.29, 0.717) is 0 Å². The van der Waals surface area contributed by atoms with Crippen LogP contribution >= 0.6 is 0 Å². The van der Waals surface area contributed by atoms with Gasteiger partial charge in [0, 0.05) is 13.0 Å². The molecule has 1 saturated carbocycles. The summed E-state index contributed by atoms with van der Waals surface area (Å²) in [5.74, 6) is -0.145. The van der Waals surface area contributed by atoms with Crippen molar-refractivity contribution in [3.05, 3.63) is 0 Å². The third-order valence-corrected chi connectivity index (χ3v) is 4.16. The summed E-state index contributed by atoms with van der Waals surface area (Å²) in [6.07, 6.45) is 8.95. The maximum Gasteiger partial charge on any atom is 0.326 e. The highest BCUT2D eigenvalue weighted by molar-refractivity contribution is 5.81. The molecule has 0 bridgehead atoms. The Morgan fingerprint density at radius 1 is 1.25 bits per heavy atom. The summed E-state index contributed by atoms with van der Waals surface area (Å²) in [6, 6.07) is 0. The second-order valence-electron chi connectivity index (χ2n) is 5.75. The van der Waals surface area contributed by atoms with Gasteiger partial charge in [-0.05, 0) is 25.8 Å². The van der Waals surface area contributed by atoms with Gasteiger partial charge < -0.3 is 14.8 Å². The average molecular weight is 285 g/mol. The van der Waals surface area contributed by atoms with Crippen molar-refractivity contribution in [3.63, 3.8) is 0 Å². The van der Waals surface area contributed by atoms with Crippen LogP contribution in [0.25, 0.3) is 0 Å². The molecule has 4 nitrogen and oxygen atoms in total. The predicted octanol–water partition coefficient (Wildman–Crippen LogP) is 3.05. The van der Waals surface area contributed by atoms with Crippen molar-refractivity contribution in [1.29, 1.82) is 0 Å². The van der Waals surface area contributed by atoms with E-state index in [1.54, 1.807) is 0 Å². The van der Waals surface area contributed by atoms with Crippen LogP contribution in [0.1, 0.15) is 65.2 Å². The second kappa shape index (κ2) is 9.35. The molecule has 0 aliphatic heterocycles. The van der Waals surface area contributed by atoms with Crippen LogP contribution in [0, 0.1) is 0 Å². The van der Waals surface area contributed by atoms with Gasteiger partial charge in [-0.1, -0.05) is 39.5 Å². The average Bonchev–Trinajstić information content (AvgIpc) is 2.87. The standard InChI is InChI=1S/C16H31NO3/c1-4-6-7-8-9-12-20-14-10-11-16(13-14,17-5-2)15(18)19-3/h14,17H,4-13H2,1-3H3. The highest BCUT2D eigenvalue weighted by Gasteiger charge is 2.46. The Labute approximate surface area is 123 Å².